The number of carbonyl (C=O) groups is 1. The monoisotopic (exact) mass is 271 g/mol. The van der Waals surface area contributed by atoms with E-state index in [2.05, 4.69) is 4.74 Å². The molecule has 1 atom stereocenters. The van der Waals surface area contributed by atoms with Gasteiger partial charge in [0.1, 0.15) is 0 Å². The summed E-state index contributed by atoms with van der Waals surface area (Å²) in [5.41, 5.74) is -1.58. The molecule has 0 spiro atoms. The van der Waals surface area contributed by atoms with E-state index in [4.69, 9.17) is 0 Å². The first-order valence-electron chi connectivity index (χ1n) is 5.05. The van der Waals surface area contributed by atoms with Crippen LogP contribution in [0.15, 0.2) is 29.2 Å². The first-order chi connectivity index (χ1) is 8.36. The van der Waals surface area contributed by atoms with Crippen LogP contribution in [0.25, 0.3) is 0 Å². The number of nitro benzene ring substituents is 1. The van der Waals surface area contributed by atoms with E-state index < -0.39 is 16.5 Å². The number of hydrogen-bond acceptors (Lipinski definition) is 6. The van der Waals surface area contributed by atoms with Gasteiger partial charge in [-0.05, 0) is 19.1 Å². The molecule has 0 amide bonds. The van der Waals surface area contributed by atoms with Crippen molar-refractivity contribution in [3.8, 4) is 0 Å². The predicted octanol–water partition coefficient (Wildman–Crippen LogP) is 1.61. The lowest BCUT2D eigenvalue weighted by molar-refractivity contribution is -0.384. The average molecular weight is 271 g/mol. The first-order valence-corrected chi connectivity index (χ1v) is 6.03. The molecule has 1 unspecified atom stereocenters. The smallest absolute Gasteiger partial charge is 0.338 e. The zero-order valence-corrected chi connectivity index (χ0v) is 10.8. The van der Waals surface area contributed by atoms with Gasteiger partial charge in [-0.1, -0.05) is 0 Å². The van der Waals surface area contributed by atoms with Gasteiger partial charge in [0.2, 0.25) is 0 Å². The van der Waals surface area contributed by atoms with E-state index in [1.807, 2.05) is 0 Å². The molecule has 1 N–H and O–H groups in total. The van der Waals surface area contributed by atoms with Gasteiger partial charge in [0, 0.05) is 22.8 Å². The fraction of sp³-hybridized carbons (Fsp3) is 0.364. The number of nitrogens with zero attached hydrogens (tertiary/aromatic N) is 1. The molecule has 1 aromatic rings. The minimum atomic E-state index is -1.58. The summed E-state index contributed by atoms with van der Waals surface area (Å²) >= 11 is 1.22. The van der Waals surface area contributed by atoms with Crippen molar-refractivity contribution in [2.24, 2.45) is 0 Å². The van der Waals surface area contributed by atoms with Gasteiger partial charge in [-0.15, -0.1) is 11.8 Å². The topological polar surface area (TPSA) is 89.7 Å². The van der Waals surface area contributed by atoms with E-state index in [-0.39, 0.29) is 11.4 Å². The van der Waals surface area contributed by atoms with E-state index in [1.54, 1.807) is 12.1 Å². The van der Waals surface area contributed by atoms with Crippen molar-refractivity contribution in [2.45, 2.75) is 17.4 Å². The van der Waals surface area contributed by atoms with E-state index in [0.29, 0.717) is 0 Å². The molecule has 98 valence electrons. The van der Waals surface area contributed by atoms with Crippen LogP contribution in [0.5, 0.6) is 0 Å². The standard InChI is InChI=1S/C11H13NO5S/c1-11(14,10(13)17-2)7-18-9-5-3-8(4-6-9)12(15)16/h3-6,14H,7H2,1-2H3. The Morgan fingerprint density at radius 3 is 2.50 bits per heavy atom. The zero-order chi connectivity index (χ0) is 13.8. The Hall–Kier alpha value is -1.60. The Morgan fingerprint density at radius 2 is 2.06 bits per heavy atom. The number of thioether (sulfide) groups is 1. The molecular formula is C11H13NO5S. The summed E-state index contributed by atoms with van der Waals surface area (Å²) in [7, 11) is 1.20. The van der Waals surface area contributed by atoms with E-state index in [0.717, 1.165) is 4.90 Å². The van der Waals surface area contributed by atoms with Crippen molar-refractivity contribution < 1.29 is 19.6 Å². The maximum atomic E-state index is 11.2. The summed E-state index contributed by atoms with van der Waals surface area (Å²) in [5, 5.41) is 20.2. The van der Waals surface area contributed by atoms with Crippen LogP contribution in [-0.4, -0.2) is 34.5 Å². The van der Waals surface area contributed by atoms with Gasteiger partial charge in [0.15, 0.2) is 5.60 Å². The SMILES string of the molecule is COC(=O)C(C)(O)CSc1ccc([N+](=O)[O-])cc1. The third-order valence-corrected chi connectivity index (χ3v) is 3.50. The summed E-state index contributed by atoms with van der Waals surface area (Å²) in [6.45, 7) is 1.36. The van der Waals surface area contributed by atoms with Crippen molar-refractivity contribution in [3.63, 3.8) is 0 Å². The molecule has 0 aliphatic rings. The molecule has 0 aliphatic carbocycles. The Morgan fingerprint density at radius 1 is 1.50 bits per heavy atom. The molecule has 0 radical (unpaired) electrons. The first kappa shape index (κ1) is 14.5. The summed E-state index contributed by atoms with van der Waals surface area (Å²) < 4.78 is 4.46. The van der Waals surface area contributed by atoms with Crippen LogP contribution in [0.4, 0.5) is 5.69 Å². The molecule has 6 nitrogen and oxygen atoms in total. The number of hydrogen-bond donors (Lipinski definition) is 1. The fourth-order valence-corrected chi connectivity index (χ4v) is 2.06. The number of rotatable bonds is 5. The Bertz CT molecular complexity index is 443. The van der Waals surface area contributed by atoms with Crippen LogP contribution in [-0.2, 0) is 9.53 Å². The highest BCUT2D eigenvalue weighted by molar-refractivity contribution is 7.99. The largest absolute Gasteiger partial charge is 0.467 e. The molecule has 0 saturated heterocycles. The zero-order valence-electron chi connectivity index (χ0n) is 9.95. The second-order valence-electron chi connectivity index (χ2n) is 3.81. The molecule has 0 bridgehead atoms. The molecule has 1 rings (SSSR count). The van der Waals surface area contributed by atoms with E-state index in [9.17, 15) is 20.0 Å². The summed E-state index contributed by atoms with van der Waals surface area (Å²) in [6, 6.07) is 5.87. The maximum Gasteiger partial charge on any atom is 0.338 e. The summed E-state index contributed by atoms with van der Waals surface area (Å²) in [4.78, 5) is 21.9. The van der Waals surface area contributed by atoms with Crippen molar-refractivity contribution in [3.05, 3.63) is 34.4 Å². The number of ether oxygens (including phenoxy) is 1. The Kier molecular flexibility index (Phi) is 4.69. The number of non-ortho nitro benzene ring substituents is 1. The van der Waals surface area contributed by atoms with Gasteiger partial charge in [0.25, 0.3) is 5.69 Å². The lowest BCUT2D eigenvalue weighted by Gasteiger charge is -2.19. The third kappa shape index (κ3) is 3.71. The number of carbonyl (C=O) groups excluding carboxylic acids is 1. The lowest BCUT2D eigenvalue weighted by atomic mass is 10.1. The van der Waals surface area contributed by atoms with Gasteiger partial charge in [-0.25, -0.2) is 4.79 Å². The summed E-state index contributed by atoms with van der Waals surface area (Å²) in [5.74, 6) is -0.603. The molecule has 0 saturated carbocycles. The Balaban J connectivity index is 2.64. The molecule has 0 aromatic heterocycles. The van der Waals surface area contributed by atoms with Crippen molar-refractivity contribution in [1.29, 1.82) is 0 Å². The van der Waals surface area contributed by atoms with Crippen molar-refractivity contribution in [2.75, 3.05) is 12.9 Å². The highest BCUT2D eigenvalue weighted by atomic mass is 32.2. The number of methoxy groups -OCH3 is 1. The normalized spacial score (nSPS) is 13.7. The fourth-order valence-electron chi connectivity index (χ4n) is 1.17. The second kappa shape index (κ2) is 5.83. The number of aliphatic hydroxyl groups is 1. The van der Waals surface area contributed by atoms with E-state index >= 15 is 0 Å². The molecule has 0 heterocycles. The van der Waals surface area contributed by atoms with Gasteiger partial charge >= 0.3 is 5.97 Å². The van der Waals surface area contributed by atoms with Crippen molar-refractivity contribution >= 4 is 23.4 Å². The average Bonchev–Trinajstić information content (AvgIpc) is 2.35. The van der Waals surface area contributed by atoms with Gasteiger partial charge in [-0.2, -0.15) is 0 Å². The molecule has 1 aromatic carbocycles. The highest BCUT2D eigenvalue weighted by Crippen LogP contribution is 2.25. The number of nitro groups is 1. The minimum Gasteiger partial charge on any atom is -0.467 e. The second-order valence-corrected chi connectivity index (χ2v) is 4.85. The van der Waals surface area contributed by atoms with Crippen LogP contribution in [0, 0.1) is 10.1 Å². The van der Waals surface area contributed by atoms with Crippen LogP contribution >= 0.6 is 11.8 Å². The maximum absolute atomic E-state index is 11.2. The highest BCUT2D eigenvalue weighted by Gasteiger charge is 2.31. The minimum absolute atomic E-state index is 0.000854. The van der Waals surface area contributed by atoms with Crippen LogP contribution in [0.3, 0.4) is 0 Å². The quantitative estimate of drug-likeness (QED) is 0.379. The third-order valence-electron chi connectivity index (χ3n) is 2.19. The summed E-state index contributed by atoms with van der Waals surface area (Å²) in [6.07, 6.45) is 0. The van der Waals surface area contributed by atoms with Gasteiger partial charge < -0.3 is 9.84 Å². The van der Waals surface area contributed by atoms with Crippen LogP contribution < -0.4 is 0 Å². The van der Waals surface area contributed by atoms with Crippen LogP contribution in [0.2, 0.25) is 0 Å². The van der Waals surface area contributed by atoms with Crippen LogP contribution in [0.1, 0.15) is 6.92 Å². The molecular weight excluding hydrogens is 258 g/mol. The van der Waals surface area contributed by atoms with Crippen molar-refractivity contribution in [1.82, 2.24) is 0 Å². The molecule has 7 heteroatoms. The van der Waals surface area contributed by atoms with Gasteiger partial charge in [0.05, 0.1) is 12.0 Å². The molecule has 18 heavy (non-hydrogen) atoms. The number of benzene rings is 1. The molecule has 0 aliphatic heterocycles. The Labute approximate surface area is 108 Å². The number of esters is 1. The van der Waals surface area contributed by atoms with E-state index in [1.165, 1.54) is 37.9 Å². The predicted molar refractivity (Wildman–Crippen MR) is 66.5 cm³/mol. The molecule has 0 fully saturated rings. The lowest BCUT2D eigenvalue weighted by Crippen LogP contribution is -2.38. The van der Waals surface area contributed by atoms with Gasteiger partial charge in [-0.3, -0.25) is 10.1 Å².